The number of carboxylic acids is 1. The summed E-state index contributed by atoms with van der Waals surface area (Å²) in [6.07, 6.45) is 0. The van der Waals surface area contributed by atoms with Crippen LogP contribution in [0.4, 0.5) is 5.69 Å². The van der Waals surface area contributed by atoms with Gasteiger partial charge in [-0.2, -0.15) is 0 Å². The number of carbonyl (C=O) groups excluding carboxylic acids is 1. The molecule has 0 heterocycles. The SMILES string of the molecule is CC(C(=O)O)C(C)C(=O)c1ccc(N(C)C)cc1. The predicted molar refractivity (Wildman–Crippen MR) is 71.1 cm³/mol. The maximum Gasteiger partial charge on any atom is 0.306 e. The van der Waals surface area contributed by atoms with Gasteiger partial charge >= 0.3 is 5.97 Å². The molecule has 0 aliphatic carbocycles. The Morgan fingerprint density at radius 1 is 1.06 bits per heavy atom. The number of carbonyl (C=O) groups is 2. The van der Waals surface area contributed by atoms with E-state index in [0.29, 0.717) is 5.56 Å². The zero-order chi connectivity index (χ0) is 13.9. The molecule has 0 saturated carbocycles. The lowest BCUT2D eigenvalue weighted by Gasteiger charge is -2.16. The number of Topliss-reactive ketones (excluding diaryl/α,β-unsaturated/α-hetero) is 1. The van der Waals surface area contributed by atoms with Crippen LogP contribution in [0.1, 0.15) is 24.2 Å². The summed E-state index contributed by atoms with van der Waals surface area (Å²) in [4.78, 5) is 24.9. The summed E-state index contributed by atoms with van der Waals surface area (Å²) < 4.78 is 0. The van der Waals surface area contributed by atoms with Crippen molar-refractivity contribution in [2.75, 3.05) is 19.0 Å². The summed E-state index contributed by atoms with van der Waals surface area (Å²) >= 11 is 0. The Bertz CT molecular complexity index is 437. The number of hydrogen-bond donors (Lipinski definition) is 1. The zero-order valence-electron chi connectivity index (χ0n) is 11.2. The molecular formula is C14H19NO3. The van der Waals surface area contributed by atoms with Crippen LogP contribution in [-0.2, 0) is 4.79 Å². The molecule has 4 heteroatoms. The molecule has 0 aliphatic heterocycles. The van der Waals surface area contributed by atoms with E-state index in [1.165, 1.54) is 0 Å². The number of ketones is 1. The number of anilines is 1. The predicted octanol–water partition coefficient (Wildman–Crippen LogP) is 2.29. The van der Waals surface area contributed by atoms with E-state index < -0.39 is 17.8 Å². The third kappa shape index (κ3) is 3.09. The fourth-order valence-electron chi connectivity index (χ4n) is 1.63. The van der Waals surface area contributed by atoms with Crippen molar-refractivity contribution < 1.29 is 14.7 Å². The van der Waals surface area contributed by atoms with Crippen molar-refractivity contribution in [3.05, 3.63) is 29.8 Å². The Kier molecular flexibility index (Phi) is 4.48. The Hall–Kier alpha value is -1.84. The Balaban J connectivity index is 2.87. The van der Waals surface area contributed by atoms with Gasteiger partial charge in [-0.05, 0) is 24.3 Å². The maximum absolute atomic E-state index is 12.1. The van der Waals surface area contributed by atoms with Gasteiger partial charge in [0, 0.05) is 31.3 Å². The number of aliphatic carboxylic acids is 1. The molecule has 1 aromatic rings. The van der Waals surface area contributed by atoms with Crippen LogP contribution in [0.3, 0.4) is 0 Å². The van der Waals surface area contributed by atoms with Crippen LogP contribution in [0.2, 0.25) is 0 Å². The van der Waals surface area contributed by atoms with Crippen LogP contribution in [0.25, 0.3) is 0 Å². The van der Waals surface area contributed by atoms with Crippen LogP contribution in [-0.4, -0.2) is 31.0 Å². The molecule has 4 nitrogen and oxygen atoms in total. The fraction of sp³-hybridized carbons (Fsp3) is 0.429. The smallest absolute Gasteiger partial charge is 0.306 e. The highest BCUT2D eigenvalue weighted by atomic mass is 16.4. The molecule has 18 heavy (non-hydrogen) atoms. The molecule has 0 fully saturated rings. The lowest BCUT2D eigenvalue weighted by Crippen LogP contribution is -2.25. The van der Waals surface area contributed by atoms with Crippen LogP contribution in [0, 0.1) is 11.8 Å². The van der Waals surface area contributed by atoms with Crippen molar-refractivity contribution in [2.45, 2.75) is 13.8 Å². The van der Waals surface area contributed by atoms with Gasteiger partial charge in [0.1, 0.15) is 0 Å². The summed E-state index contributed by atoms with van der Waals surface area (Å²) in [6, 6.07) is 7.18. The molecule has 0 radical (unpaired) electrons. The molecule has 1 rings (SSSR count). The standard InChI is InChI=1S/C14H19NO3/c1-9(10(2)14(17)18)13(16)11-5-7-12(8-6-11)15(3)4/h5-10H,1-4H3,(H,17,18). The van der Waals surface area contributed by atoms with Gasteiger partial charge < -0.3 is 10.0 Å². The number of nitrogens with zero attached hydrogens (tertiary/aromatic N) is 1. The topological polar surface area (TPSA) is 57.6 Å². The first-order chi connectivity index (χ1) is 8.34. The van der Waals surface area contributed by atoms with Gasteiger partial charge in [-0.3, -0.25) is 9.59 Å². The quantitative estimate of drug-likeness (QED) is 0.813. The first-order valence-corrected chi connectivity index (χ1v) is 5.89. The third-order valence-electron chi connectivity index (χ3n) is 3.22. The van der Waals surface area contributed by atoms with E-state index in [1.54, 1.807) is 26.0 Å². The lowest BCUT2D eigenvalue weighted by molar-refractivity contribution is -0.142. The Morgan fingerprint density at radius 3 is 1.94 bits per heavy atom. The Morgan fingerprint density at radius 2 is 1.56 bits per heavy atom. The van der Waals surface area contributed by atoms with Crippen LogP contribution in [0.5, 0.6) is 0 Å². The monoisotopic (exact) mass is 249 g/mol. The molecule has 0 saturated heterocycles. The van der Waals surface area contributed by atoms with Gasteiger partial charge in [0.15, 0.2) is 5.78 Å². The first kappa shape index (κ1) is 14.2. The minimum atomic E-state index is -0.944. The van der Waals surface area contributed by atoms with Crippen LogP contribution >= 0.6 is 0 Å². The highest BCUT2D eigenvalue weighted by Gasteiger charge is 2.26. The maximum atomic E-state index is 12.1. The molecule has 0 amide bonds. The van der Waals surface area contributed by atoms with E-state index in [2.05, 4.69) is 0 Å². The molecule has 2 atom stereocenters. The zero-order valence-corrected chi connectivity index (χ0v) is 11.2. The van der Waals surface area contributed by atoms with Crippen LogP contribution < -0.4 is 4.90 Å². The lowest BCUT2D eigenvalue weighted by atomic mass is 9.88. The molecule has 0 spiro atoms. The van der Waals surface area contributed by atoms with Crippen molar-refractivity contribution in [1.29, 1.82) is 0 Å². The fourth-order valence-corrected chi connectivity index (χ4v) is 1.63. The molecule has 98 valence electrons. The number of rotatable bonds is 5. The minimum absolute atomic E-state index is 0.129. The van der Waals surface area contributed by atoms with E-state index in [-0.39, 0.29) is 5.78 Å². The van der Waals surface area contributed by atoms with E-state index >= 15 is 0 Å². The van der Waals surface area contributed by atoms with Crippen molar-refractivity contribution in [1.82, 2.24) is 0 Å². The molecular weight excluding hydrogens is 230 g/mol. The summed E-state index contributed by atoms with van der Waals surface area (Å²) in [6.45, 7) is 3.21. The molecule has 0 aromatic heterocycles. The van der Waals surface area contributed by atoms with Gasteiger partial charge in [-0.15, -0.1) is 0 Å². The van der Waals surface area contributed by atoms with E-state index in [0.717, 1.165) is 5.69 Å². The van der Waals surface area contributed by atoms with Gasteiger partial charge in [0.25, 0.3) is 0 Å². The van der Waals surface area contributed by atoms with Gasteiger partial charge in [-0.1, -0.05) is 13.8 Å². The third-order valence-corrected chi connectivity index (χ3v) is 3.22. The van der Waals surface area contributed by atoms with Gasteiger partial charge in [-0.25, -0.2) is 0 Å². The highest BCUT2D eigenvalue weighted by molar-refractivity contribution is 5.99. The van der Waals surface area contributed by atoms with Crippen LogP contribution in [0.15, 0.2) is 24.3 Å². The Labute approximate surface area is 107 Å². The van der Waals surface area contributed by atoms with Crippen molar-refractivity contribution in [2.24, 2.45) is 11.8 Å². The number of carboxylic acid groups (broad SMARTS) is 1. The summed E-state index contributed by atoms with van der Waals surface area (Å²) in [5.74, 6) is -2.27. The van der Waals surface area contributed by atoms with E-state index in [1.807, 2.05) is 31.1 Å². The van der Waals surface area contributed by atoms with E-state index in [9.17, 15) is 9.59 Å². The molecule has 1 aromatic carbocycles. The second-order valence-electron chi connectivity index (χ2n) is 4.72. The van der Waals surface area contributed by atoms with Gasteiger partial charge in [0.2, 0.25) is 0 Å². The van der Waals surface area contributed by atoms with E-state index in [4.69, 9.17) is 5.11 Å². The molecule has 0 aliphatic rings. The largest absolute Gasteiger partial charge is 0.481 e. The highest BCUT2D eigenvalue weighted by Crippen LogP contribution is 2.19. The molecule has 1 N–H and O–H groups in total. The molecule has 2 unspecified atom stereocenters. The van der Waals surface area contributed by atoms with Gasteiger partial charge in [0.05, 0.1) is 5.92 Å². The summed E-state index contributed by atoms with van der Waals surface area (Å²) in [5.41, 5.74) is 1.56. The van der Waals surface area contributed by atoms with Crippen molar-refractivity contribution in [3.63, 3.8) is 0 Å². The average Bonchev–Trinajstić information content (AvgIpc) is 2.36. The van der Waals surface area contributed by atoms with Crippen molar-refractivity contribution >= 4 is 17.4 Å². The number of benzene rings is 1. The summed E-state index contributed by atoms with van der Waals surface area (Å²) in [5, 5.41) is 8.91. The van der Waals surface area contributed by atoms with Crippen molar-refractivity contribution in [3.8, 4) is 0 Å². The first-order valence-electron chi connectivity index (χ1n) is 5.89. The number of hydrogen-bond acceptors (Lipinski definition) is 3. The minimum Gasteiger partial charge on any atom is -0.481 e. The molecule has 0 bridgehead atoms. The second-order valence-corrected chi connectivity index (χ2v) is 4.72. The summed E-state index contributed by atoms with van der Waals surface area (Å²) in [7, 11) is 3.85. The average molecular weight is 249 g/mol. The normalized spacial score (nSPS) is 13.8. The second kappa shape index (κ2) is 5.67.